The van der Waals surface area contributed by atoms with Crippen molar-refractivity contribution in [3.8, 4) is 0 Å². The molecular formula is C14H23N3OS. The van der Waals surface area contributed by atoms with Crippen molar-refractivity contribution in [2.75, 3.05) is 13.7 Å². The monoisotopic (exact) mass is 281 g/mol. The average Bonchev–Trinajstić information content (AvgIpc) is 2.85. The Balaban J connectivity index is 2.16. The number of hydrogen-bond acceptors (Lipinski definition) is 4. The van der Waals surface area contributed by atoms with E-state index in [0.29, 0.717) is 12.0 Å². The van der Waals surface area contributed by atoms with E-state index in [-0.39, 0.29) is 0 Å². The maximum Gasteiger partial charge on any atom is 0.194 e. The Kier molecular flexibility index (Phi) is 4.60. The van der Waals surface area contributed by atoms with Gasteiger partial charge in [0, 0.05) is 30.8 Å². The lowest BCUT2D eigenvalue weighted by molar-refractivity contribution is 0.146. The second-order valence-electron chi connectivity index (χ2n) is 5.33. The molecule has 1 N–H and O–H groups in total. The Hall–Kier alpha value is -0.910. The predicted octanol–water partition coefficient (Wildman–Crippen LogP) is 2.77. The minimum absolute atomic E-state index is 0.369. The van der Waals surface area contributed by atoms with Crippen LogP contribution in [-0.2, 0) is 11.3 Å². The van der Waals surface area contributed by atoms with Gasteiger partial charge in [-0.15, -0.1) is 11.3 Å². The van der Waals surface area contributed by atoms with Crippen molar-refractivity contribution in [1.82, 2.24) is 14.7 Å². The number of nitrogens with one attached hydrogen (secondary N) is 1. The maximum absolute atomic E-state index is 5.28. The molecule has 0 aromatic carbocycles. The number of nitrogens with zero attached hydrogens (tertiary/aromatic N) is 2. The number of aromatic nitrogens is 2. The first-order chi connectivity index (χ1) is 9.04. The first-order valence-corrected chi connectivity index (χ1v) is 7.57. The topological polar surface area (TPSA) is 38.6 Å². The van der Waals surface area contributed by atoms with Gasteiger partial charge in [0.1, 0.15) is 0 Å². The Morgan fingerprint density at radius 2 is 2.16 bits per heavy atom. The zero-order valence-corrected chi connectivity index (χ0v) is 13.2. The minimum atomic E-state index is 0.369. The number of aryl methyl sites for hydroxylation is 2. The minimum Gasteiger partial charge on any atom is -0.383 e. The average molecular weight is 281 g/mol. The van der Waals surface area contributed by atoms with Crippen molar-refractivity contribution >= 4 is 16.3 Å². The van der Waals surface area contributed by atoms with Crippen molar-refractivity contribution < 1.29 is 4.74 Å². The molecule has 0 spiro atoms. The van der Waals surface area contributed by atoms with Gasteiger partial charge >= 0.3 is 0 Å². The van der Waals surface area contributed by atoms with Gasteiger partial charge in [0.25, 0.3) is 0 Å². The fourth-order valence-electron chi connectivity index (χ4n) is 2.27. The molecule has 0 aliphatic heterocycles. The first-order valence-electron chi connectivity index (χ1n) is 6.69. The van der Waals surface area contributed by atoms with Crippen LogP contribution < -0.4 is 5.32 Å². The molecule has 1 unspecified atom stereocenters. The van der Waals surface area contributed by atoms with Crippen LogP contribution in [0.25, 0.3) is 4.96 Å². The molecule has 0 saturated carbocycles. The molecule has 19 heavy (non-hydrogen) atoms. The fraction of sp³-hybridized carbons (Fsp3) is 0.643. The summed E-state index contributed by atoms with van der Waals surface area (Å²) in [4.78, 5) is 5.70. The van der Waals surface area contributed by atoms with Crippen molar-refractivity contribution in [3.63, 3.8) is 0 Å². The highest BCUT2D eigenvalue weighted by Gasteiger charge is 2.16. The molecule has 1 atom stereocenters. The Morgan fingerprint density at radius 1 is 1.42 bits per heavy atom. The molecule has 0 bridgehead atoms. The summed E-state index contributed by atoms with van der Waals surface area (Å²) in [6, 6.07) is 0.369. The number of ether oxygens (including phenoxy) is 1. The lowest BCUT2D eigenvalue weighted by atomic mass is 10.1. The molecular weight excluding hydrogens is 258 g/mol. The van der Waals surface area contributed by atoms with Crippen molar-refractivity contribution in [2.24, 2.45) is 5.92 Å². The lowest BCUT2D eigenvalue weighted by Gasteiger charge is -2.21. The highest BCUT2D eigenvalue weighted by atomic mass is 32.1. The Labute approximate surface area is 118 Å². The summed E-state index contributed by atoms with van der Waals surface area (Å²) in [7, 11) is 1.75. The molecule has 0 aliphatic carbocycles. The van der Waals surface area contributed by atoms with Crippen molar-refractivity contribution in [1.29, 1.82) is 0 Å². The van der Waals surface area contributed by atoms with E-state index < -0.39 is 0 Å². The van der Waals surface area contributed by atoms with E-state index in [1.165, 1.54) is 11.4 Å². The van der Waals surface area contributed by atoms with E-state index in [1.54, 1.807) is 18.4 Å². The third-order valence-electron chi connectivity index (χ3n) is 3.51. The molecule has 4 nitrogen and oxygen atoms in total. The van der Waals surface area contributed by atoms with Crippen LogP contribution >= 0.6 is 11.3 Å². The summed E-state index contributed by atoms with van der Waals surface area (Å²) in [6.45, 7) is 10.2. The molecule has 0 saturated heterocycles. The van der Waals surface area contributed by atoms with Crippen LogP contribution in [0.4, 0.5) is 0 Å². The molecule has 2 aromatic heterocycles. The van der Waals surface area contributed by atoms with Crippen LogP contribution in [0.3, 0.4) is 0 Å². The lowest BCUT2D eigenvalue weighted by Crippen LogP contribution is -2.37. The van der Waals surface area contributed by atoms with Gasteiger partial charge in [0.05, 0.1) is 18.0 Å². The van der Waals surface area contributed by atoms with Crippen molar-refractivity contribution in [3.05, 3.63) is 22.5 Å². The number of thiazole rings is 1. The van der Waals surface area contributed by atoms with Gasteiger partial charge in [-0.05, 0) is 19.8 Å². The van der Waals surface area contributed by atoms with Gasteiger partial charge in [-0.25, -0.2) is 4.98 Å². The summed E-state index contributed by atoms with van der Waals surface area (Å²) in [5.74, 6) is 0.548. The second-order valence-corrected chi connectivity index (χ2v) is 6.16. The van der Waals surface area contributed by atoms with Gasteiger partial charge in [-0.3, -0.25) is 4.40 Å². The number of hydrogen-bond donors (Lipinski definition) is 1. The SMILES string of the molecule is COCC(NCc1c(C)nc2scc(C)n12)C(C)C. The van der Waals surface area contributed by atoms with E-state index in [4.69, 9.17) is 4.74 Å². The highest BCUT2D eigenvalue weighted by molar-refractivity contribution is 7.15. The zero-order valence-electron chi connectivity index (χ0n) is 12.4. The zero-order chi connectivity index (χ0) is 14.0. The molecule has 2 rings (SSSR count). The molecule has 0 fully saturated rings. The highest BCUT2D eigenvalue weighted by Crippen LogP contribution is 2.20. The predicted molar refractivity (Wildman–Crippen MR) is 79.9 cm³/mol. The second kappa shape index (κ2) is 6.03. The summed E-state index contributed by atoms with van der Waals surface area (Å²) < 4.78 is 7.53. The number of rotatable bonds is 6. The summed E-state index contributed by atoms with van der Waals surface area (Å²) in [5, 5.41) is 5.74. The molecule has 0 aliphatic rings. The summed E-state index contributed by atoms with van der Waals surface area (Å²) in [5.41, 5.74) is 3.63. The third kappa shape index (κ3) is 2.99. The van der Waals surface area contributed by atoms with Gasteiger partial charge in [0.2, 0.25) is 0 Å². The van der Waals surface area contributed by atoms with Crippen LogP contribution in [0.5, 0.6) is 0 Å². The fourth-order valence-corrected chi connectivity index (χ4v) is 3.20. The normalized spacial score (nSPS) is 13.6. The molecule has 0 radical (unpaired) electrons. The van der Waals surface area contributed by atoms with Crippen LogP contribution in [0.15, 0.2) is 5.38 Å². The molecule has 0 amide bonds. The Bertz CT molecular complexity index is 544. The quantitative estimate of drug-likeness (QED) is 0.885. The first kappa shape index (κ1) is 14.5. The third-order valence-corrected chi connectivity index (χ3v) is 4.46. The van der Waals surface area contributed by atoms with Crippen LogP contribution in [0.1, 0.15) is 30.9 Å². The summed E-state index contributed by atoms with van der Waals surface area (Å²) in [6.07, 6.45) is 0. The van der Waals surface area contributed by atoms with Crippen molar-refractivity contribution in [2.45, 2.75) is 40.3 Å². The van der Waals surface area contributed by atoms with Crippen LogP contribution in [-0.4, -0.2) is 29.1 Å². The van der Waals surface area contributed by atoms with Gasteiger partial charge in [-0.1, -0.05) is 13.8 Å². The molecule has 106 valence electrons. The number of fused-ring (bicyclic) bond motifs is 1. The van der Waals surface area contributed by atoms with Crippen LogP contribution in [0, 0.1) is 19.8 Å². The van der Waals surface area contributed by atoms with E-state index in [0.717, 1.165) is 23.8 Å². The van der Waals surface area contributed by atoms with Gasteiger partial charge in [0.15, 0.2) is 4.96 Å². The summed E-state index contributed by atoms with van der Waals surface area (Å²) >= 11 is 1.70. The van der Waals surface area contributed by atoms with E-state index in [1.807, 2.05) is 0 Å². The largest absolute Gasteiger partial charge is 0.383 e. The molecule has 5 heteroatoms. The smallest absolute Gasteiger partial charge is 0.194 e. The van der Waals surface area contributed by atoms with E-state index >= 15 is 0 Å². The van der Waals surface area contributed by atoms with Crippen LogP contribution in [0.2, 0.25) is 0 Å². The Morgan fingerprint density at radius 3 is 2.79 bits per heavy atom. The standard InChI is InChI=1S/C14H23N3OS/c1-9(2)12(7-18-5)15-6-13-11(4)16-14-17(13)10(3)8-19-14/h8-9,12,15H,6-7H2,1-5H3. The number of methoxy groups -OCH3 is 1. The molecule has 2 aromatic rings. The van der Waals surface area contributed by atoms with Gasteiger partial charge < -0.3 is 10.1 Å². The van der Waals surface area contributed by atoms with E-state index in [2.05, 4.69) is 47.8 Å². The van der Waals surface area contributed by atoms with E-state index in [9.17, 15) is 0 Å². The maximum atomic E-state index is 5.28. The molecule has 2 heterocycles. The number of imidazole rings is 1. The van der Waals surface area contributed by atoms with Gasteiger partial charge in [-0.2, -0.15) is 0 Å².